The number of hydrogen-bond acceptors (Lipinski definition) is 8. The largest absolute Gasteiger partial charge is 0.491 e. The number of halogens is 1. The maximum Gasteiger partial charge on any atom is 0.338 e. The number of ether oxygens (including phenoxy) is 3. The van der Waals surface area contributed by atoms with Gasteiger partial charge in [0, 0.05) is 11.1 Å². The number of aromatic nitrogens is 1. The van der Waals surface area contributed by atoms with E-state index in [9.17, 15) is 14.9 Å². The quantitative estimate of drug-likeness (QED) is 0.209. The molecule has 3 aromatic carbocycles. The van der Waals surface area contributed by atoms with Gasteiger partial charge in [-0.05, 0) is 79.5 Å². The van der Waals surface area contributed by atoms with Crippen LogP contribution in [0.2, 0.25) is 0 Å². The number of fused-ring (bicyclic) bond motifs is 1. The number of para-hydroxylation sites is 1. The first-order chi connectivity index (χ1) is 21.2. The molecule has 4 aromatic rings. The number of carbonyl (C=O) groups excluding carboxylic acids is 1. The zero-order valence-electron chi connectivity index (χ0n) is 24.7. The second kappa shape index (κ2) is 13.5. The van der Waals surface area contributed by atoms with Gasteiger partial charge < -0.3 is 14.2 Å². The van der Waals surface area contributed by atoms with Crippen LogP contribution in [0, 0.1) is 11.3 Å². The number of nitriles is 1. The van der Waals surface area contributed by atoms with Crippen molar-refractivity contribution in [2.24, 2.45) is 4.99 Å². The summed E-state index contributed by atoms with van der Waals surface area (Å²) in [5.41, 5.74) is 3.31. The number of benzene rings is 3. The van der Waals surface area contributed by atoms with Crippen LogP contribution < -0.4 is 24.4 Å². The Balaban J connectivity index is 1.55. The molecule has 0 amide bonds. The fourth-order valence-corrected chi connectivity index (χ4v) is 6.50. The van der Waals surface area contributed by atoms with Crippen molar-refractivity contribution in [1.82, 2.24) is 4.57 Å². The molecule has 0 radical (unpaired) electrons. The molecule has 1 atom stereocenters. The minimum absolute atomic E-state index is 0.116. The van der Waals surface area contributed by atoms with Crippen molar-refractivity contribution in [3.8, 4) is 17.6 Å². The lowest BCUT2D eigenvalue weighted by atomic mass is 9.95. The summed E-state index contributed by atoms with van der Waals surface area (Å²) in [6.07, 6.45) is 1.68. The summed E-state index contributed by atoms with van der Waals surface area (Å²) in [5.74, 6) is 0.660. The molecular weight excluding hydrogens is 642 g/mol. The summed E-state index contributed by atoms with van der Waals surface area (Å²) in [6, 6.07) is 21.6. The van der Waals surface area contributed by atoms with Crippen LogP contribution in [0.3, 0.4) is 0 Å². The maximum absolute atomic E-state index is 14.0. The number of esters is 1. The van der Waals surface area contributed by atoms with Crippen molar-refractivity contribution in [1.29, 1.82) is 5.26 Å². The highest BCUT2D eigenvalue weighted by atomic mass is 79.9. The van der Waals surface area contributed by atoms with Crippen molar-refractivity contribution < 1.29 is 19.0 Å². The lowest BCUT2D eigenvalue weighted by Crippen LogP contribution is -2.40. The number of thiazole rings is 1. The molecule has 5 rings (SSSR count). The third-order valence-corrected chi connectivity index (χ3v) is 8.47. The summed E-state index contributed by atoms with van der Waals surface area (Å²) in [7, 11) is 0. The smallest absolute Gasteiger partial charge is 0.338 e. The second-order valence-corrected chi connectivity index (χ2v) is 12.1. The Morgan fingerprint density at radius 1 is 1.14 bits per heavy atom. The molecule has 224 valence electrons. The van der Waals surface area contributed by atoms with Gasteiger partial charge in [0.2, 0.25) is 0 Å². The van der Waals surface area contributed by atoms with Crippen molar-refractivity contribution >= 4 is 39.3 Å². The number of carbonyl (C=O) groups is 1. The molecule has 0 fully saturated rings. The number of allylic oxidation sites excluding steroid dienone is 1. The van der Waals surface area contributed by atoms with Crippen LogP contribution in [0.25, 0.3) is 6.08 Å². The van der Waals surface area contributed by atoms with E-state index in [4.69, 9.17) is 14.2 Å². The molecule has 1 aromatic heterocycles. The van der Waals surface area contributed by atoms with Crippen molar-refractivity contribution in [2.45, 2.75) is 46.4 Å². The Hall–Kier alpha value is -4.46. The van der Waals surface area contributed by atoms with Crippen LogP contribution in [0.5, 0.6) is 11.5 Å². The number of hydrogen-bond donors (Lipinski definition) is 0. The van der Waals surface area contributed by atoms with Crippen LogP contribution in [-0.2, 0) is 16.1 Å². The molecule has 0 unspecified atom stereocenters. The Kier molecular flexibility index (Phi) is 9.47. The fourth-order valence-electron chi connectivity index (χ4n) is 4.94. The molecule has 1 aliphatic rings. The summed E-state index contributed by atoms with van der Waals surface area (Å²) in [4.78, 5) is 32.4. The number of nitrogens with zero attached hydrogens (tertiary/aromatic N) is 3. The molecular formula is C34H30BrN3O5S. The monoisotopic (exact) mass is 671 g/mol. The van der Waals surface area contributed by atoms with E-state index in [0.29, 0.717) is 47.7 Å². The molecule has 1 aliphatic heterocycles. The molecule has 0 aliphatic carbocycles. The van der Waals surface area contributed by atoms with E-state index in [2.05, 4.69) is 27.0 Å². The molecule has 0 saturated heterocycles. The highest BCUT2D eigenvalue weighted by Gasteiger charge is 2.35. The minimum Gasteiger partial charge on any atom is -0.491 e. The third-order valence-electron chi connectivity index (χ3n) is 6.87. The van der Waals surface area contributed by atoms with Crippen LogP contribution in [0.4, 0.5) is 0 Å². The SMILES string of the molecule is CCOC(=O)C1=C(C)N=c2s/c(=C/c3ccc(OCc4ccccc4C#N)c(Br)c3)c(=O)n2[C@H]1c1ccccc1OC(C)C. The summed E-state index contributed by atoms with van der Waals surface area (Å²) in [5, 5.41) is 9.36. The van der Waals surface area contributed by atoms with Gasteiger partial charge in [0.1, 0.15) is 24.1 Å². The van der Waals surface area contributed by atoms with Crippen molar-refractivity contribution in [3.05, 3.63) is 124 Å². The van der Waals surface area contributed by atoms with Crippen LogP contribution >= 0.6 is 27.3 Å². The van der Waals surface area contributed by atoms with Gasteiger partial charge in [0.05, 0.1) is 44.6 Å². The summed E-state index contributed by atoms with van der Waals surface area (Å²) in [6.45, 7) is 7.78. The highest BCUT2D eigenvalue weighted by Crippen LogP contribution is 2.36. The van der Waals surface area contributed by atoms with Crippen LogP contribution in [0.1, 0.15) is 56.0 Å². The molecule has 0 saturated carbocycles. The molecule has 10 heteroatoms. The van der Waals surface area contributed by atoms with Gasteiger partial charge in [-0.3, -0.25) is 9.36 Å². The van der Waals surface area contributed by atoms with Gasteiger partial charge in [-0.15, -0.1) is 0 Å². The zero-order valence-corrected chi connectivity index (χ0v) is 27.1. The fraction of sp³-hybridized carbons (Fsp3) is 0.235. The predicted molar refractivity (Wildman–Crippen MR) is 172 cm³/mol. The molecule has 44 heavy (non-hydrogen) atoms. The van der Waals surface area contributed by atoms with E-state index in [1.807, 2.05) is 74.5 Å². The molecule has 0 N–H and O–H groups in total. The normalized spacial score (nSPS) is 14.6. The molecule has 2 heterocycles. The van der Waals surface area contributed by atoms with E-state index in [1.165, 1.54) is 11.3 Å². The second-order valence-electron chi connectivity index (χ2n) is 10.3. The average molecular weight is 673 g/mol. The maximum atomic E-state index is 14.0. The van der Waals surface area contributed by atoms with Gasteiger partial charge in [0.25, 0.3) is 5.56 Å². The summed E-state index contributed by atoms with van der Waals surface area (Å²) < 4.78 is 20.2. The van der Waals surface area contributed by atoms with E-state index in [-0.39, 0.29) is 24.9 Å². The first-order valence-corrected chi connectivity index (χ1v) is 15.7. The van der Waals surface area contributed by atoms with Crippen LogP contribution in [-0.4, -0.2) is 23.2 Å². The highest BCUT2D eigenvalue weighted by molar-refractivity contribution is 9.10. The Labute approximate surface area is 267 Å². The minimum atomic E-state index is -0.777. The Morgan fingerprint density at radius 2 is 1.89 bits per heavy atom. The lowest BCUT2D eigenvalue weighted by Gasteiger charge is -2.26. The van der Waals surface area contributed by atoms with Crippen molar-refractivity contribution in [3.63, 3.8) is 0 Å². The topological polar surface area (TPSA) is 103 Å². The van der Waals surface area contributed by atoms with Gasteiger partial charge in [-0.1, -0.05) is 53.8 Å². The first-order valence-electron chi connectivity index (χ1n) is 14.1. The standard InChI is InChI=1S/C34H30BrN3O5S/c1-5-41-33(40)30-21(4)37-34-38(31(30)25-12-8-9-13-27(25)43-20(2)3)32(39)29(44-34)17-22-14-15-28(26(35)16-22)42-19-24-11-7-6-10-23(24)18-36/h6-17,20,31H,5,19H2,1-4H3/b29-17+/t31-/m0/s1. The van der Waals surface area contributed by atoms with Crippen molar-refractivity contribution in [2.75, 3.05) is 6.61 Å². The van der Waals surface area contributed by atoms with Gasteiger partial charge in [-0.25, -0.2) is 9.79 Å². The van der Waals surface area contributed by atoms with E-state index in [1.54, 1.807) is 30.6 Å². The predicted octanol–water partition coefficient (Wildman–Crippen LogP) is 5.80. The van der Waals surface area contributed by atoms with Gasteiger partial charge in [-0.2, -0.15) is 5.26 Å². The van der Waals surface area contributed by atoms with E-state index in [0.717, 1.165) is 11.1 Å². The zero-order chi connectivity index (χ0) is 31.4. The third kappa shape index (κ3) is 6.39. The average Bonchev–Trinajstić information content (AvgIpc) is 3.30. The first kappa shape index (κ1) is 31.0. The molecule has 8 nitrogen and oxygen atoms in total. The van der Waals surface area contributed by atoms with Gasteiger partial charge in [0.15, 0.2) is 4.80 Å². The van der Waals surface area contributed by atoms with E-state index < -0.39 is 12.0 Å². The number of rotatable bonds is 9. The van der Waals surface area contributed by atoms with Gasteiger partial charge >= 0.3 is 5.97 Å². The van der Waals surface area contributed by atoms with Crippen LogP contribution in [0.15, 0.2) is 92.3 Å². The van der Waals surface area contributed by atoms with E-state index >= 15 is 0 Å². The lowest BCUT2D eigenvalue weighted by molar-refractivity contribution is -0.139. The Bertz CT molecular complexity index is 1990. The summed E-state index contributed by atoms with van der Waals surface area (Å²) >= 11 is 4.83. The molecule has 0 bridgehead atoms. The Morgan fingerprint density at radius 3 is 2.61 bits per heavy atom. The molecule has 0 spiro atoms.